The number of hydrogen-bond acceptors (Lipinski definition) is 5. The van der Waals surface area contributed by atoms with Gasteiger partial charge in [0.15, 0.2) is 0 Å². The summed E-state index contributed by atoms with van der Waals surface area (Å²) in [4.78, 5) is 43.2. The molecule has 0 saturated carbocycles. The first-order valence-corrected chi connectivity index (χ1v) is 9.13. The molecule has 1 aromatic heterocycles. The number of fused-ring (bicyclic) bond motifs is 1. The number of carbonyl (C=O) groups is 3. The van der Waals surface area contributed by atoms with E-state index in [0.29, 0.717) is 10.8 Å². The molecule has 3 aromatic rings. The predicted molar refractivity (Wildman–Crippen MR) is 105 cm³/mol. The van der Waals surface area contributed by atoms with Crippen LogP contribution in [0.5, 0.6) is 0 Å². The van der Waals surface area contributed by atoms with Gasteiger partial charge in [-0.25, -0.2) is 4.79 Å². The number of rotatable bonds is 3. The molecule has 29 heavy (non-hydrogen) atoms. The first-order chi connectivity index (χ1) is 13.8. The van der Waals surface area contributed by atoms with E-state index >= 15 is 0 Å². The first kappa shape index (κ1) is 18.6. The molecule has 0 N–H and O–H groups in total. The molecule has 2 amide bonds. The minimum atomic E-state index is -0.825. The summed E-state index contributed by atoms with van der Waals surface area (Å²) in [5.41, 5.74) is 1.51. The van der Waals surface area contributed by atoms with E-state index < -0.39 is 23.3 Å². The zero-order valence-electron chi connectivity index (χ0n) is 16.2. The van der Waals surface area contributed by atoms with Crippen LogP contribution in [0, 0.1) is 0 Å². The highest BCUT2D eigenvalue weighted by molar-refractivity contribution is 6.21. The van der Waals surface area contributed by atoms with Gasteiger partial charge < -0.3 is 4.84 Å². The van der Waals surface area contributed by atoms with Crippen LogP contribution in [0.25, 0.3) is 11.3 Å². The van der Waals surface area contributed by atoms with Gasteiger partial charge in [0.2, 0.25) is 0 Å². The highest BCUT2D eigenvalue weighted by atomic mass is 16.7. The third-order valence-corrected chi connectivity index (χ3v) is 4.60. The standard InChI is InChI=1S/C22H19N3O4/c1-22(2,3)25-18(14-9-5-4-6-10-14)17(13-23-25)21(28)29-24-19(26)15-11-7-8-12-16(15)20(24)27/h4-13H,1-3H3. The van der Waals surface area contributed by atoms with Crippen molar-refractivity contribution in [2.75, 3.05) is 0 Å². The van der Waals surface area contributed by atoms with Crippen LogP contribution in [0.2, 0.25) is 0 Å². The third kappa shape index (κ3) is 3.10. The van der Waals surface area contributed by atoms with E-state index in [4.69, 9.17) is 4.84 Å². The molecule has 0 unspecified atom stereocenters. The maximum absolute atomic E-state index is 13.0. The van der Waals surface area contributed by atoms with Crippen molar-refractivity contribution in [3.8, 4) is 11.3 Å². The molecule has 0 aliphatic carbocycles. The fourth-order valence-electron chi connectivity index (χ4n) is 3.26. The van der Waals surface area contributed by atoms with E-state index in [1.807, 2.05) is 51.1 Å². The SMILES string of the molecule is CC(C)(C)n1ncc(C(=O)ON2C(=O)c3ccccc3C2=O)c1-c1ccccc1. The first-order valence-electron chi connectivity index (χ1n) is 9.13. The lowest BCUT2D eigenvalue weighted by Gasteiger charge is -2.23. The summed E-state index contributed by atoms with van der Waals surface area (Å²) in [5, 5.41) is 4.87. The lowest BCUT2D eigenvalue weighted by Crippen LogP contribution is -2.33. The molecule has 0 radical (unpaired) electrons. The van der Waals surface area contributed by atoms with Crippen LogP contribution in [-0.2, 0) is 10.4 Å². The number of benzene rings is 2. The van der Waals surface area contributed by atoms with Crippen molar-refractivity contribution in [1.29, 1.82) is 0 Å². The highest BCUT2D eigenvalue weighted by Gasteiger charge is 2.39. The van der Waals surface area contributed by atoms with Gasteiger partial charge in [-0.05, 0) is 32.9 Å². The lowest BCUT2D eigenvalue weighted by molar-refractivity contribution is -0.0584. The Bertz CT molecular complexity index is 1090. The van der Waals surface area contributed by atoms with Crippen molar-refractivity contribution in [1.82, 2.24) is 14.8 Å². The second-order valence-corrected chi connectivity index (χ2v) is 7.68. The van der Waals surface area contributed by atoms with E-state index in [-0.39, 0.29) is 16.7 Å². The quantitative estimate of drug-likeness (QED) is 0.639. The molecule has 0 saturated heterocycles. The second-order valence-electron chi connectivity index (χ2n) is 7.68. The van der Waals surface area contributed by atoms with Crippen molar-refractivity contribution in [2.45, 2.75) is 26.3 Å². The van der Waals surface area contributed by atoms with Gasteiger partial charge in [-0.15, -0.1) is 0 Å². The van der Waals surface area contributed by atoms with Crippen LogP contribution >= 0.6 is 0 Å². The van der Waals surface area contributed by atoms with Gasteiger partial charge in [-0.3, -0.25) is 14.3 Å². The minimum absolute atomic E-state index is 0.169. The molecule has 2 heterocycles. The Balaban J connectivity index is 1.71. The molecule has 1 aliphatic heterocycles. The van der Waals surface area contributed by atoms with E-state index in [9.17, 15) is 14.4 Å². The summed E-state index contributed by atoms with van der Waals surface area (Å²) in [6.45, 7) is 5.89. The summed E-state index contributed by atoms with van der Waals surface area (Å²) < 4.78 is 1.72. The van der Waals surface area contributed by atoms with E-state index in [1.54, 1.807) is 16.8 Å². The summed E-state index contributed by atoms with van der Waals surface area (Å²) in [6, 6.07) is 15.6. The maximum Gasteiger partial charge on any atom is 0.367 e. The number of amides is 2. The molecule has 4 rings (SSSR count). The third-order valence-electron chi connectivity index (χ3n) is 4.60. The summed E-state index contributed by atoms with van der Waals surface area (Å²) in [7, 11) is 0. The average molecular weight is 389 g/mol. The van der Waals surface area contributed by atoms with E-state index in [0.717, 1.165) is 5.56 Å². The van der Waals surface area contributed by atoms with Crippen LogP contribution in [0.4, 0.5) is 0 Å². The van der Waals surface area contributed by atoms with Gasteiger partial charge in [0.25, 0.3) is 11.8 Å². The number of aromatic nitrogens is 2. The largest absolute Gasteiger partial charge is 0.367 e. The van der Waals surface area contributed by atoms with Crippen LogP contribution in [0.15, 0.2) is 60.8 Å². The summed E-state index contributed by atoms with van der Waals surface area (Å²) >= 11 is 0. The molecular formula is C22H19N3O4. The Hall–Kier alpha value is -3.74. The molecule has 1 aliphatic rings. The van der Waals surface area contributed by atoms with Crippen molar-refractivity contribution >= 4 is 17.8 Å². The minimum Gasteiger partial charge on any atom is -0.324 e. The van der Waals surface area contributed by atoms with Gasteiger partial charge in [0.05, 0.1) is 28.6 Å². The molecule has 0 bridgehead atoms. The van der Waals surface area contributed by atoms with Crippen molar-refractivity contribution in [3.63, 3.8) is 0 Å². The van der Waals surface area contributed by atoms with Gasteiger partial charge >= 0.3 is 5.97 Å². The monoisotopic (exact) mass is 389 g/mol. The highest BCUT2D eigenvalue weighted by Crippen LogP contribution is 2.30. The van der Waals surface area contributed by atoms with Crippen molar-refractivity contribution < 1.29 is 19.2 Å². The van der Waals surface area contributed by atoms with Crippen molar-refractivity contribution in [3.05, 3.63) is 77.5 Å². The molecule has 146 valence electrons. The van der Waals surface area contributed by atoms with Crippen LogP contribution < -0.4 is 0 Å². The van der Waals surface area contributed by atoms with Crippen LogP contribution in [0.3, 0.4) is 0 Å². The van der Waals surface area contributed by atoms with E-state index in [2.05, 4.69) is 5.10 Å². The Labute approximate surface area is 167 Å². The van der Waals surface area contributed by atoms with Crippen LogP contribution in [0.1, 0.15) is 51.8 Å². The normalized spacial score (nSPS) is 13.6. The van der Waals surface area contributed by atoms with Gasteiger partial charge in [-0.2, -0.15) is 5.10 Å². The predicted octanol–water partition coefficient (Wildman–Crippen LogP) is 3.67. The molecule has 0 fully saturated rings. The Morgan fingerprint density at radius 3 is 2.00 bits per heavy atom. The summed E-state index contributed by atoms with van der Waals surface area (Å²) in [5.74, 6) is -2.15. The van der Waals surface area contributed by atoms with E-state index in [1.165, 1.54) is 18.3 Å². The molecule has 2 aromatic carbocycles. The second kappa shape index (κ2) is 6.70. The van der Waals surface area contributed by atoms with Gasteiger partial charge in [0, 0.05) is 5.56 Å². The molecular weight excluding hydrogens is 370 g/mol. The molecule has 7 nitrogen and oxygen atoms in total. The number of hydroxylamine groups is 2. The fraction of sp³-hybridized carbons (Fsp3) is 0.182. The molecule has 0 atom stereocenters. The maximum atomic E-state index is 13.0. The number of nitrogens with zero attached hydrogens (tertiary/aromatic N) is 3. The Morgan fingerprint density at radius 1 is 0.897 bits per heavy atom. The molecule has 0 spiro atoms. The molecule has 7 heteroatoms. The number of imide groups is 1. The van der Waals surface area contributed by atoms with Gasteiger partial charge in [0.1, 0.15) is 5.56 Å². The zero-order valence-corrected chi connectivity index (χ0v) is 16.2. The number of carbonyl (C=O) groups excluding carboxylic acids is 3. The number of hydrogen-bond donors (Lipinski definition) is 0. The van der Waals surface area contributed by atoms with Crippen LogP contribution in [-0.4, -0.2) is 32.6 Å². The summed E-state index contributed by atoms with van der Waals surface area (Å²) in [6.07, 6.45) is 1.40. The lowest BCUT2D eigenvalue weighted by atomic mass is 10.0. The smallest absolute Gasteiger partial charge is 0.324 e. The Kier molecular flexibility index (Phi) is 4.30. The fourth-order valence-corrected chi connectivity index (χ4v) is 3.26. The van der Waals surface area contributed by atoms with Crippen molar-refractivity contribution in [2.24, 2.45) is 0 Å². The average Bonchev–Trinajstić information content (AvgIpc) is 3.25. The topological polar surface area (TPSA) is 81.5 Å². The van der Waals surface area contributed by atoms with Gasteiger partial charge in [-0.1, -0.05) is 47.5 Å². The zero-order chi connectivity index (χ0) is 20.8. The Morgan fingerprint density at radius 2 is 1.45 bits per heavy atom.